The first-order valence-corrected chi connectivity index (χ1v) is 7.80. The molecule has 0 aliphatic heterocycles. The zero-order chi connectivity index (χ0) is 15.5. The number of nitrogens with zero attached hydrogens (tertiary/aromatic N) is 2. The van der Waals surface area contributed by atoms with Gasteiger partial charge in [-0.15, -0.1) is 35.3 Å². The van der Waals surface area contributed by atoms with E-state index in [1.54, 1.807) is 7.05 Å². The standard InChI is InChI=1S/C13H19F3N4S.HI/c1-3-4-8-5-9(8)19-12(17-2)18-6-11-20-10(7-21-11)13(14,15)16;/h7-9H,3-6H2,1-2H3,(H2,17,18,19);1H. The molecule has 0 amide bonds. The van der Waals surface area contributed by atoms with Crippen LogP contribution in [0.3, 0.4) is 0 Å². The van der Waals surface area contributed by atoms with E-state index in [1.807, 2.05) is 0 Å². The minimum absolute atomic E-state index is 0. The Morgan fingerprint density at radius 3 is 2.77 bits per heavy atom. The lowest BCUT2D eigenvalue weighted by Gasteiger charge is -2.10. The maximum absolute atomic E-state index is 12.4. The maximum Gasteiger partial charge on any atom is 0.434 e. The second-order valence-corrected chi connectivity index (χ2v) is 6.03. The first kappa shape index (κ1) is 19.5. The summed E-state index contributed by atoms with van der Waals surface area (Å²) < 4.78 is 37.3. The molecule has 0 saturated heterocycles. The molecular formula is C13H20F3IN4S. The average molecular weight is 448 g/mol. The Morgan fingerprint density at radius 2 is 2.23 bits per heavy atom. The molecule has 1 fully saturated rings. The molecule has 0 radical (unpaired) electrons. The van der Waals surface area contributed by atoms with Crippen molar-refractivity contribution in [1.82, 2.24) is 15.6 Å². The van der Waals surface area contributed by atoms with Gasteiger partial charge in [0.05, 0.1) is 6.54 Å². The number of rotatable bonds is 5. The third kappa shape index (κ3) is 5.56. The van der Waals surface area contributed by atoms with Crippen molar-refractivity contribution in [1.29, 1.82) is 0 Å². The molecule has 1 saturated carbocycles. The molecule has 22 heavy (non-hydrogen) atoms. The van der Waals surface area contributed by atoms with E-state index in [9.17, 15) is 13.2 Å². The second kappa shape index (κ2) is 8.32. The zero-order valence-corrected chi connectivity index (χ0v) is 15.6. The van der Waals surface area contributed by atoms with E-state index in [1.165, 1.54) is 6.42 Å². The van der Waals surface area contributed by atoms with E-state index in [2.05, 4.69) is 27.5 Å². The number of nitrogens with one attached hydrogen (secondary N) is 2. The van der Waals surface area contributed by atoms with Gasteiger partial charge in [-0.1, -0.05) is 13.3 Å². The lowest BCUT2D eigenvalue weighted by molar-refractivity contribution is -0.140. The molecular weight excluding hydrogens is 428 g/mol. The topological polar surface area (TPSA) is 49.3 Å². The van der Waals surface area contributed by atoms with E-state index in [0.29, 0.717) is 22.9 Å². The molecule has 2 N–H and O–H groups in total. The first-order chi connectivity index (χ1) is 9.94. The highest BCUT2D eigenvalue weighted by Crippen LogP contribution is 2.34. The van der Waals surface area contributed by atoms with Gasteiger partial charge in [0.25, 0.3) is 0 Å². The summed E-state index contributed by atoms with van der Waals surface area (Å²) in [6, 6.07) is 0.429. The lowest BCUT2D eigenvalue weighted by atomic mass is 10.2. The Morgan fingerprint density at radius 1 is 1.50 bits per heavy atom. The van der Waals surface area contributed by atoms with Crippen LogP contribution in [0.25, 0.3) is 0 Å². The van der Waals surface area contributed by atoms with Crippen LogP contribution >= 0.6 is 35.3 Å². The minimum atomic E-state index is -4.38. The van der Waals surface area contributed by atoms with Crippen LogP contribution in [-0.4, -0.2) is 24.0 Å². The smallest absolute Gasteiger partial charge is 0.353 e. The molecule has 2 unspecified atom stereocenters. The van der Waals surface area contributed by atoms with E-state index in [-0.39, 0.29) is 30.5 Å². The van der Waals surface area contributed by atoms with Crippen molar-refractivity contribution in [2.24, 2.45) is 10.9 Å². The Kier molecular flexibility index (Phi) is 7.36. The van der Waals surface area contributed by atoms with Crippen molar-refractivity contribution < 1.29 is 13.2 Å². The summed E-state index contributed by atoms with van der Waals surface area (Å²) in [6.07, 6.45) is -0.898. The summed E-state index contributed by atoms with van der Waals surface area (Å²) in [5, 5.41) is 7.71. The molecule has 1 aliphatic carbocycles. The number of hydrogen-bond donors (Lipinski definition) is 2. The van der Waals surface area contributed by atoms with E-state index in [0.717, 1.165) is 29.6 Å². The van der Waals surface area contributed by atoms with E-state index >= 15 is 0 Å². The summed E-state index contributed by atoms with van der Waals surface area (Å²) in [7, 11) is 1.65. The maximum atomic E-state index is 12.4. The van der Waals surface area contributed by atoms with Crippen LogP contribution in [0.5, 0.6) is 0 Å². The van der Waals surface area contributed by atoms with Crippen LogP contribution in [0.1, 0.15) is 36.9 Å². The third-order valence-corrected chi connectivity index (χ3v) is 4.23. The van der Waals surface area contributed by atoms with Crippen molar-refractivity contribution >= 4 is 41.3 Å². The zero-order valence-electron chi connectivity index (χ0n) is 12.4. The van der Waals surface area contributed by atoms with Crippen molar-refractivity contribution in [3.8, 4) is 0 Å². The first-order valence-electron chi connectivity index (χ1n) is 6.92. The van der Waals surface area contributed by atoms with Gasteiger partial charge in [0.1, 0.15) is 5.01 Å². The summed E-state index contributed by atoms with van der Waals surface area (Å²) in [5.41, 5.74) is -0.836. The molecule has 2 atom stereocenters. The number of thiazole rings is 1. The number of guanidine groups is 1. The number of alkyl halides is 3. The molecule has 0 bridgehead atoms. The van der Waals surface area contributed by atoms with Crippen LogP contribution in [-0.2, 0) is 12.7 Å². The molecule has 9 heteroatoms. The molecule has 0 aromatic carbocycles. The molecule has 1 heterocycles. The van der Waals surface area contributed by atoms with Crippen LogP contribution in [0.2, 0.25) is 0 Å². The second-order valence-electron chi connectivity index (χ2n) is 5.09. The molecule has 1 aromatic rings. The monoisotopic (exact) mass is 448 g/mol. The quantitative estimate of drug-likeness (QED) is 0.411. The Labute approximate surface area is 149 Å². The Bertz CT molecular complexity index is 504. The summed E-state index contributed by atoms with van der Waals surface area (Å²) in [5.74, 6) is 1.30. The Hall–Kier alpha value is -0.580. The highest BCUT2D eigenvalue weighted by molar-refractivity contribution is 14.0. The molecule has 4 nitrogen and oxygen atoms in total. The number of aromatic nitrogens is 1. The van der Waals surface area contributed by atoms with Gasteiger partial charge < -0.3 is 10.6 Å². The fourth-order valence-corrected chi connectivity index (χ4v) is 2.91. The summed E-state index contributed by atoms with van der Waals surface area (Å²) in [6.45, 7) is 2.40. The van der Waals surface area contributed by atoms with E-state index < -0.39 is 11.9 Å². The molecule has 1 aromatic heterocycles. The van der Waals surface area contributed by atoms with Gasteiger partial charge in [-0.3, -0.25) is 4.99 Å². The normalized spacial score (nSPS) is 21.2. The van der Waals surface area contributed by atoms with Crippen molar-refractivity contribution in [2.45, 2.75) is 44.9 Å². The molecule has 2 rings (SSSR count). The predicted molar refractivity (Wildman–Crippen MR) is 92.7 cm³/mol. The fourth-order valence-electron chi connectivity index (χ4n) is 2.17. The van der Waals surface area contributed by atoms with Gasteiger partial charge in [-0.05, 0) is 18.8 Å². The van der Waals surface area contributed by atoms with E-state index in [4.69, 9.17) is 0 Å². The van der Waals surface area contributed by atoms with Gasteiger partial charge in [0.15, 0.2) is 11.7 Å². The largest absolute Gasteiger partial charge is 0.434 e. The highest BCUT2D eigenvalue weighted by atomic mass is 127. The Balaban J connectivity index is 0.00000242. The van der Waals surface area contributed by atoms with Crippen LogP contribution in [0.4, 0.5) is 13.2 Å². The predicted octanol–water partition coefficient (Wildman–Crippen LogP) is 3.63. The SMILES string of the molecule is CCCC1CC1NC(=NC)NCc1nc(C(F)(F)F)cs1.I. The van der Waals surface area contributed by atoms with Gasteiger partial charge in [-0.25, -0.2) is 4.98 Å². The van der Waals surface area contributed by atoms with Crippen molar-refractivity contribution in [2.75, 3.05) is 7.05 Å². The highest BCUT2D eigenvalue weighted by Gasteiger charge is 2.36. The van der Waals surface area contributed by atoms with Crippen LogP contribution in [0.15, 0.2) is 10.4 Å². The van der Waals surface area contributed by atoms with Crippen LogP contribution < -0.4 is 10.6 Å². The van der Waals surface area contributed by atoms with Gasteiger partial charge in [-0.2, -0.15) is 13.2 Å². The van der Waals surface area contributed by atoms with Gasteiger partial charge in [0.2, 0.25) is 0 Å². The third-order valence-electron chi connectivity index (χ3n) is 3.38. The number of aliphatic imine (C=N–C) groups is 1. The fraction of sp³-hybridized carbons (Fsp3) is 0.692. The molecule has 1 aliphatic rings. The van der Waals surface area contributed by atoms with Gasteiger partial charge in [0, 0.05) is 18.5 Å². The summed E-state index contributed by atoms with van der Waals surface area (Å²) >= 11 is 0.996. The number of hydrogen-bond acceptors (Lipinski definition) is 3. The van der Waals surface area contributed by atoms with Crippen molar-refractivity contribution in [3.63, 3.8) is 0 Å². The van der Waals surface area contributed by atoms with Crippen molar-refractivity contribution in [3.05, 3.63) is 16.1 Å². The molecule has 0 spiro atoms. The average Bonchev–Trinajstić information content (AvgIpc) is 2.96. The van der Waals surface area contributed by atoms with Gasteiger partial charge >= 0.3 is 6.18 Å². The lowest BCUT2D eigenvalue weighted by Crippen LogP contribution is -2.38. The molecule has 126 valence electrons. The number of halogens is 4. The summed E-state index contributed by atoms with van der Waals surface area (Å²) in [4.78, 5) is 7.66. The minimum Gasteiger partial charge on any atom is -0.353 e. The van der Waals surface area contributed by atoms with Crippen LogP contribution in [0, 0.1) is 5.92 Å².